The van der Waals surface area contributed by atoms with E-state index in [0.29, 0.717) is 23.5 Å². The summed E-state index contributed by atoms with van der Waals surface area (Å²) in [5.41, 5.74) is 0.803. The predicted octanol–water partition coefficient (Wildman–Crippen LogP) is 8.93. The maximum Gasteiger partial charge on any atom is 0.796 e. The van der Waals surface area contributed by atoms with Gasteiger partial charge in [-0.05, 0) is 30.7 Å². The number of carbonyl (C=O) groups excluding carboxylic acids is 1. The maximum absolute atomic E-state index is 12.9. The lowest BCUT2D eigenvalue weighted by atomic mass is 10.1. The van der Waals surface area contributed by atoms with Crippen LogP contribution in [0.15, 0.2) is 60.7 Å². The number of allylic oxidation sites excluding steroid dienone is 1. The van der Waals surface area contributed by atoms with Gasteiger partial charge in [-0.25, -0.2) is 8.63 Å². The van der Waals surface area contributed by atoms with Gasteiger partial charge in [0.25, 0.3) is 0 Å². The van der Waals surface area contributed by atoms with Crippen LogP contribution < -0.4 is 4.74 Å². The Labute approximate surface area is 210 Å². The zero-order valence-corrected chi connectivity index (χ0v) is 21.0. The molecule has 0 aliphatic heterocycles. The molecule has 0 atom stereocenters. The van der Waals surface area contributed by atoms with Crippen molar-refractivity contribution in [2.45, 2.75) is 84.0 Å². The van der Waals surface area contributed by atoms with E-state index in [1.165, 1.54) is 64.2 Å². The van der Waals surface area contributed by atoms with Crippen LogP contribution in [0.5, 0.6) is 5.75 Å². The number of rotatable bonds is 19. The third kappa shape index (κ3) is 12.6. The monoisotopic (exact) mass is 484 g/mol. The number of hydrogen-bond donors (Lipinski definition) is 0. The Morgan fingerprint density at radius 2 is 1.29 bits per heavy atom. The van der Waals surface area contributed by atoms with E-state index in [4.69, 9.17) is 4.74 Å². The zero-order chi connectivity index (χ0) is 25.1. The molecule has 0 bridgehead atoms. The highest BCUT2D eigenvalue weighted by atomic mass is 19.2. The molecule has 0 saturated heterocycles. The van der Waals surface area contributed by atoms with Crippen LogP contribution in [0.2, 0.25) is 0 Å². The summed E-state index contributed by atoms with van der Waals surface area (Å²) in [4.78, 5) is 12.4. The van der Waals surface area contributed by atoms with Crippen LogP contribution >= 0.6 is 0 Å². The zero-order valence-electron chi connectivity index (χ0n) is 21.0. The Morgan fingerprint density at radius 1 is 0.743 bits per heavy atom. The summed E-state index contributed by atoms with van der Waals surface area (Å²) in [6.07, 6.45) is 16.6. The van der Waals surface area contributed by atoms with Crippen LogP contribution in [0.25, 0.3) is 5.76 Å². The van der Waals surface area contributed by atoms with Gasteiger partial charge in [0.2, 0.25) is 0 Å². The van der Waals surface area contributed by atoms with Crippen LogP contribution in [0.1, 0.15) is 99.9 Å². The molecule has 35 heavy (non-hydrogen) atoms. The summed E-state index contributed by atoms with van der Waals surface area (Å²) >= 11 is 0. The number of benzene rings is 2. The fraction of sp³-hybridized carbons (Fsp3) is 0.483. The topological polar surface area (TPSA) is 35.5 Å². The molecule has 0 aliphatic rings. The second kappa shape index (κ2) is 17.8. The van der Waals surface area contributed by atoms with Crippen molar-refractivity contribution >= 4 is 19.0 Å². The normalized spacial score (nSPS) is 11.3. The molecule has 0 unspecified atom stereocenters. The van der Waals surface area contributed by atoms with Gasteiger partial charge in [-0.15, -0.1) is 0 Å². The lowest BCUT2D eigenvalue weighted by Crippen LogP contribution is -2.06. The van der Waals surface area contributed by atoms with Crippen molar-refractivity contribution in [1.82, 2.24) is 0 Å². The second-order valence-corrected chi connectivity index (χ2v) is 8.88. The fourth-order valence-corrected chi connectivity index (χ4v) is 3.93. The molecule has 0 aromatic heterocycles. The summed E-state index contributed by atoms with van der Waals surface area (Å²) in [6, 6.07) is 15.2. The first-order valence-corrected chi connectivity index (χ1v) is 13.1. The van der Waals surface area contributed by atoms with E-state index in [9.17, 15) is 13.4 Å². The maximum atomic E-state index is 12.9. The van der Waals surface area contributed by atoms with Crippen molar-refractivity contribution < 1.29 is 22.8 Å². The lowest BCUT2D eigenvalue weighted by Gasteiger charge is -2.11. The van der Waals surface area contributed by atoms with Gasteiger partial charge < -0.3 is 9.39 Å². The molecule has 2 rings (SSSR count). The second-order valence-electron chi connectivity index (χ2n) is 8.88. The van der Waals surface area contributed by atoms with Crippen LogP contribution in [-0.2, 0) is 4.65 Å². The molecular weight excluding hydrogens is 445 g/mol. The highest BCUT2D eigenvalue weighted by molar-refractivity contribution is 6.36. The van der Waals surface area contributed by atoms with Crippen molar-refractivity contribution in [3.63, 3.8) is 0 Å². The molecular formula is C29H39BF2O3. The van der Waals surface area contributed by atoms with Crippen molar-refractivity contribution in [3.05, 3.63) is 71.8 Å². The number of hydrogen-bond acceptors (Lipinski definition) is 3. The van der Waals surface area contributed by atoms with E-state index in [0.717, 1.165) is 18.9 Å². The minimum atomic E-state index is -3.02. The molecule has 0 saturated carbocycles. The Balaban J connectivity index is 1.68. The van der Waals surface area contributed by atoms with Gasteiger partial charge in [0.05, 0.1) is 6.61 Å². The quantitative estimate of drug-likeness (QED) is 0.0656. The van der Waals surface area contributed by atoms with Gasteiger partial charge in [-0.2, -0.15) is 0 Å². The van der Waals surface area contributed by atoms with E-state index >= 15 is 0 Å². The van der Waals surface area contributed by atoms with E-state index < -0.39 is 13.3 Å². The Kier molecular flexibility index (Phi) is 14.5. The number of unbranched alkanes of at least 4 members (excludes halogenated alkanes) is 11. The molecule has 0 radical (unpaired) electrons. The molecule has 2 aromatic carbocycles. The summed E-state index contributed by atoms with van der Waals surface area (Å²) in [5.74, 6) is 0.109. The molecule has 0 fully saturated rings. The van der Waals surface area contributed by atoms with Gasteiger partial charge in [-0.3, -0.25) is 4.79 Å². The van der Waals surface area contributed by atoms with Crippen molar-refractivity contribution in [2.75, 3.05) is 6.61 Å². The molecule has 0 amide bonds. The number of carbonyl (C=O) groups is 1. The fourth-order valence-electron chi connectivity index (χ4n) is 3.93. The third-order valence-electron chi connectivity index (χ3n) is 5.94. The molecule has 190 valence electrons. The Morgan fingerprint density at radius 3 is 1.83 bits per heavy atom. The van der Waals surface area contributed by atoms with Gasteiger partial charge in [0.15, 0.2) is 5.78 Å². The highest BCUT2D eigenvalue weighted by Gasteiger charge is 2.21. The number of ketones is 1. The van der Waals surface area contributed by atoms with Crippen molar-refractivity contribution in [1.29, 1.82) is 0 Å². The average molecular weight is 484 g/mol. The highest BCUT2D eigenvalue weighted by Crippen LogP contribution is 2.22. The van der Waals surface area contributed by atoms with E-state index in [2.05, 4.69) is 11.6 Å². The van der Waals surface area contributed by atoms with Gasteiger partial charge in [0.1, 0.15) is 11.5 Å². The molecule has 6 heteroatoms. The van der Waals surface area contributed by atoms with Crippen LogP contribution in [0.3, 0.4) is 0 Å². The van der Waals surface area contributed by atoms with Crippen molar-refractivity contribution in [2.24, 2.45) is 0 Å². The minimum absolute atomic E-state index is 0.165. The smallest absolute Gasteiger partial charge is 0.505 e. The number of halogens is 2. The van der Waals surface area contributed by atoms with Crippen LogP contribution in [-0.4, -0.2) is 19.9 Å². The minimum Gasteiger partial charge on any atom is -0.505 e. The summed E-state index contributed by atoms with van der Waals surface area (Å²) in [7, 11) is -3.02. The van der Waals surface area contributed by atoms with E-state index in [1.807, 2.05) is 0 Å². The first-order chi connectivity index (χ1) is 17.1. The van der Waals surface area contributed by atoms with Crippen molar-refractivity contribution in [3.8, 4) is 5.75 Å². The molecule has 3 nitrogen and oxygen atoms in total. The Bertz CT molecular complexity index is 854. The summed E-state index contributed by atoms with van der Waals surface area (Å²) in [6.45, 7) is 2.88. The van der Waals surface area contributed by atoms with Gasteiger partial charge in [-0.1, -0.05) is 108 Å². The first kappa shape index (κ1) is 28.6. The molecule has 0 heterocycles. The van der Waals surface area contributed by atoms with Crippen LogP contribution in [0, 0.1) is 0 Å². The number of ether oxygens (including phenoxy) is 1. The predicted molar refractivity (Wildman–Crippen MR) is 141 cm³/mol. The van der Waals surface area contributed by atoms with Gasteiger partial charge >= 0.3 is 7.47 Å². The van der Waals surface area contributed by atoms with E-state index in [-0.39, 0.29) is 5.76 Å². The standard InChI is InChI=1S/C29H39BF2O3/c1-2-3-4-5-6-7-8-9-10-11-12-16-23-34-27-21-19-26(20-22-27)29(35-30(31)32)24-28(33)25-17-14-13-15-18-25/h13-15,17-22,24H,2-12,16,23H2,1H3/b29-24-. The SMILES string of the molecule is CCCCCCCCCCCCCCOc1ccc(/C(=C/C(=O)c2ccccc2)OB(F)F)cc1. The van der Waals surface area contributed by atoms with E-state index in [1.54, 1.807) is 54.6 Å². The summed E-state index contributed by atoms with van der Waals surface area (Å²) < 4.78 is 36.2. The molecule has 0 N–H and O–H groups in total. The Hall–Kier alpha value is -2.63. The van der Waals surface area contributed by atoms with Crippen LogP contribution in [0.4, 0.5) is 8.63 Å². The van der Waals surface area contributed by atoms with Gasteiger partial charge in [0, 0.05) is 17.2 Å². The molecule has 2 aromatic rings. The summed E-state index contributed by atoms with van der Waals surface area (Å²) in [5, 5.41) is 0. The molecule has 0 spiro atoms. The third-order valence-corrected chi connectivity index (χ3v) is 5.94. The first-order valence-electron chi connectivity index (χ1n) is 13.1. The molecule has 0 aliphatic carbocycles. The lowest BCUT2D eigenvalue weighted by molar-refractivity contribution is 0.104. The largest absolute Gasteiger partial charge is 0.796 e. The average Bonchev–Trinajstić information content (AvgIpc) is 2.87.